The summed E-state index contributed by atoms with van der Waals surface area (Å²) in [4.78, 5) is 31.5. The molecular weight excluding hydrogens is 404 g/mol. The normalized spacial score (nSPS) is 12.2. The molecule has 0 aliphatic heterocycles. The number of hydrogen-bond donors (Lipinski definition) is 3. The van der Waals surface area contributed by atoms with Crippen molar-refractivity contribution < 1.29 is 18.4 Å². The van der Waals surface area contributed by atoms with E-state index in [0.717, 1.165) is 0 Å². The van der Waals surface area contributed by atoms with E-state index in [-0.39, 0.29) is 28.8 Å². The van der Waals surface area contributed by atoms with Crippen LogP contribution in [0, 0.1) is 0 Å². The highest BCUT2D eigenvalue weighted by atomic mass is 16.5. The minimum Gasteiger partial charge on any atom is -0.492 e. The van der Waals surface area contributed by atoms with Crippen LogP contribution in [0.1, 0.15) is 14.6 Å². The Morgan fingerprint density at radius 2 is 2.10 bits per heavy atom. The Kier molecular flexibility index (Phi) is 5.11. The van der Waals surface area contributed by atoms with Crippen LogP contribution in [0.5, 0.6) is 5.75 Å². The zero-order valence-corrected chi connectivity index (χ0v) is 17.2. The van der Waals surface area contributed by atoms with Crippen molar-refractivity contribution in [1.29, 1.82) is 0 Å². The van der Waals surface area contributed by atoms with Crippen LogP contribution in [-0.4, -0.2) is 75.2 Å². The van der Waals surface area contributed by atoms with Crippen molar-refractivity contribution >= 4 is 29.3 Å². The first-order valence-electron chi connectivity index (χ1n) is 10.3. The Bertz CT molecular complexity index is 1210. The largest absolute Gasteiger partial charge is 0.492 e. The summed E-state index contributed by atoms with van der Waals surface area (Å²) in [6.45, 7) is -2.75. The Balaban J connectivity index is 2.06. The standard InChI is InChI=1S/C18H22N10O3/c1-19-17(29)14-11(8-13(24-25-14)23-18(30)27(2)3)22-16-15(31-5)10(6-7-20-16)12-9-21-28(4)26-12/h6-9H,1-5H3,(H,19,29)(H2,20,22,23,24,30)/i1D3. The molecule has 3 aromatic heterocycles. The summed E-state index contributed by atoms with van der Waals surface area (Å²) >= 11 is 0. The van der Waals surface area contributed by atoms with Crippen molar-refractivity contribution in [3.8, 4) is 17.0 Å². The van der Waals surface area contributed by atoms with Gasteiger partial charge < -0.3 is 20.3 Å². The summed E-state index contributed by atoms with van der Waals surface area (Å²) in [5.74, 6) is -0.549. The van der Waals surface area contributed by atoms with Crippen LogP contribution in [0.4, 0.5) is 22.1 Å². The second kappa shape index (κ2) is 9.02. The van der Waals surface area contributed by atoms with E-state index in [2.05, 4.69) is 36.0 Å². The van der Waals surface area contributed by atoms with Crippen molar-refractivity contribution in [2.75, 3.05) is 38.8 Å². The second-order valence-corrected chi connectivity index (χ2v) is 6.36. The summed E-state index contributed by atoms with van der Waals surface area (Å²) in [5.41, 5.74) is 0.752. The summed E-state index contributed by atoms with van der Waals surface area (Å²) < 4.78 is 27.4. The van der Waals surface area contributed by atoms with Gasteiger partial charge in [0.15, 0.2) is 23.1 Å². The molecule has 13 heteroatoms. The van der Waals surface area contributed by atoms with E-state index in [1.165, 1.54) is 43.2 Å². The number of pyridine rings is 1. The average molecular weight is 429 g/mol. The highest BCUT2D eigenvalue weighted by Crippen LogP contribution is 2.35. The maximum Gasteiger partial charge on any atom is 0.322 e. The molecule has 0 saturated carbocycles. The first kappa shape index (κ1) is 17.6. The van der Waals surface area contributed by atoms with Crippen LogP contribution >= 0.6 is 0 Å². The number of nitrogens with zero attached hydrogens (tertiary/aromatic N) is 7. The maximum absolute atomic E-state index is 12.6. The lowest BCUT2D eigenvalue weighted by molar-refractivity contribution is 0.0958. The Morgan fingerprint density at radius 1 is 1.29 bits per heavy atom. The molecule has 0 bridgehead atoms. The maximum atomic E-state index is 12.6. The molecule has 0 aliphatic carbocycles. The van der Waals surface area contributed by atoms with E-state index in [4.69, 9.17) is 8.85 Å². The van der Waals surface area contributed by atoms with E-state index < -0.39 is 18.9 Å². The van der Waals surface area contributed by atoms with Gasteiger partial charge in [-0.25, -0.2) is 9.78 Å². The predicted molar refractivity (Wildman–Crippen MR) is 112 cm³/mol. The van der Waals surface area contributed by atoms with Crippen LogP contribution < -0.4 is 20.7 Å². The van der Waals surface area contributed by atoms with Gasteiger partial charge in [-0.05, 0) is 6.07 Å². The average Bonchev–Trinajstić information content (AvgIpc) is 3.18. The molecule has 3 N–H and O–H groups in total. The molecule has 0 aliphatic rings. The summed E-state index contributed by atoms with van der Waals surface area (Å²) in [6, 6.07) is 2.50. The summed E-state index contributed by atoms with van der Waals surface area (Å²) in [7, 11) is 6.16. The molecule has 13 nitrogen and oxygen atoms in total. The number of ether oxygens (including phenoxy) is 1. The Morgan fingerprint density at radius 3 is 2.74 bits per heavy atom. The molecular formula is C18H22N10O3. The van der Waals surface area contributed by atoms with E-state index in [0.29, 0.717) is 11.3 Å². The van der Waals surface area contributed by atoms with Crippen molar-refractivity contribution in [3.63, 3.8) is 0 Å². The quantitative estimate of drug-likeness (QED) is 0.518. The molecule has 3 rings (SSSR count). The van der Waals surface area contributed by atoms with Crippen LogP contribution in [0.15, 0.2) is 24.5 Å². The van der Waals surface area contributed by atoms with E-state index in [1.807, 2.05) is 5.32 Å². The third kappa shape index (κ3) is 4.66. The number of carbonyl (C=O) groups is 2. The van der Waals surface area contributed by atoms with E-state index in [9.17, 15) is 9.59 Å². The zero-order chi connectivity index (χ0) is 25.0. The number of anilines is 3. The molecule has 162 valence electrons. The second-order valence-electron chi connectivity index (χ2n) is 6.36. The number of methoxy groups -OCH3 is 1. The molecule has 0 saturated heterocycles. The number of rotatable bonds is 6. The molecule has 0 aromatic carbocycles. The Hall–Kier alpha value is -4.29. The molecule has 31 heavy (non-hydrogen) atoms. The summed E-state index contributed by atoms with van der Waals surface area (Å²) in [6.07, 6.45) is 3.03. The first-order chi connectivity index (χ1) is 16.0. The lowest BCUT2D eigenvalue weighted by Gasteiger charge is -2.16. The van der Waals surface area contributed by atoms with Crippen molar-refractivity contribution in [1.82, 2.24) is 40.4 Å². The lowest BCUT2D eigenvalue weighted by Crippen LogP contribution is -2.28. The first-order valence-corrected chi connectivity index (χ1v) is 8.83. The van der Waals surface area contributed by atoms with Crippen LogP contribution in [-0.2, 0) is 7.05 Å². The number of aryl methyl sites for hydroxylation is 1. The van der Waals surface area contributed by atoms with Gasteiger partial charge in [0.1, 0.15) is 5.69 Å². The molecule has 0 radical (unpaired) electrons. The SMILES string of the molecule is [2H]C([2H])([2H])NC(=O)c1nnc(NC(=O)N(C)C)cc1Nc1nccc(-c2cnn(C)n2)c1OC. The third-order valence-electron chi connectivity index (χ3n) is 4.00. The van der Waals surface area contributed by atoms with E-state index in [1.54, 1.807) is 19.3 Å². The smallest absolute Gasteiger partial charge is 0.322 e. The minimum atomic E-state index is -2.75. The predicted octanol–water partition coefficient (Wildman–Crippen LogP) is 0.872. The number of hydrogen-bond acceptors (Lipinski definition) is 9. The van der Waals surface area contributed by atoms with Gasteiger partial charge in [-0.15, -0.1) is 10.2 Å². The van der Waals surface area contributed by atoms with Gasteiger partial charge in [0, 0.05) is 44.5 Å². The van der Waals surface area contributed by atoms with E-state index >= 15 is 0 Å². The molecule has 3 amide bonds. The lowest BCUT2D eigenvalue weighted by atomic mass is 10.2. The minimum absolute atomic E-state index is 0.00989. The zero-order valence-electron chi connectivity index (χ0n) is 20.2. The highest BCUT2D eigenvalue weighted by Gasteiger charge is 2.20. The number of nitrogens with one attached hydrogen (secondary N) is 3. The van der Waals surface area contributed by atoms with Gasteiger partial charge in [-0.2, -0.15) is 15.0 Å². The van der Waals surface area contributed by atoms with Crippen LogP contribution in [0.3, 0.4) is 0 Å². The molecule has 0 unspecified atom stereocenters. The molecule has 3 heterocycles. The fourth-order valence-electron chi connectivity index (χ4n) is 2.54. The monoisotopic (exact) mass is 429 g/mol. The Labute approximate surface area is 182 Å². The van der Waals surface area contributed by atoms with Crippen molar-refractivity contribution in [2.24, 2.45) is 7.05 Å². The van der Waals surface area contributed by atoms with Gasteiger partial charge in [-0.3, -0.25) is 10.1 Å². The van der Waals surface area contributed by atoms with Crippen LogP contribution in [0.25, 0.3) is 11.3 Å². The van der Waals surface area contributed by atoms with Crippen molar-refractivity contribution in [2.45, 2.75) is 0 Å². The fraction of sp³-hybridized carbons (Fsp3) is 0.278. The number of carbonyl (C=O) groups excluding carboxylic acids is 2. The number of amides is 3. The van der Waals surface area contributed by atoms with Gasteiger partial charge in [0.25, 0.3) is 5.91 Å². The summed E-state index contributed by atoms with van der Waals surface area (Å²) in [5, 5.41) is 23.2. The van der Waals surface area contributed by atoms with Gasteiger partial charge in [0.05, 0.1) is 24.6 Å². The number of aromatic nitrogens is 6. The van der Waals surface area contributed by atoms with Crippen LogP contribution in [0.2, 0.25) is 0 Å². The van der Waals surface area contributed by atoms with Gasteiger partial charge in [-0.1, -0.05) is 0 Å². The molecule has 0 fully saturated rings. The van der Waals surface area contributed by atoms with Crippen molar-refractivity contribution in [3.05, 3.63) is 30.2 Å². The molecule has 3 aromatic rings. The fourth-order valence-corrected chi connectivity index (χ4v) is 2.54. The third-order valence-corrected chi connectivity index (χ3v) is 4.00. The van der Waals surface area contributed by atoms with Gasteiger partial charge in [0.2, 0.25) is 0 Å². The highest BCUT2D eigenvalue weighted by molar-refractivity contribution is 5.99. The molecule has 0 atom stereocenters. The molecule has 0 spiro atoms. The topological polar surface area (TPSA) is 152 Å². The number of urea groups is 1. The van der Waals surface area contributed by atoms with Gasteiger partial charge >= 0.3 is 6.03 Å².